The summed E-state index contributed by atoms with van der Waals surface area (Å²) in [6, 6.07) is 12.6. The number of amides is 2. The second-order valence-corrected chi connectivity index (χ2v) is 7.73. The third kappa shape index (κ3) is 4.20. The van der Waals surface area contributed by atoms with Crippen molar-refractivity contribution in [1.82, 2.24) is 19.6 Å². The van der Waals surface area contributed by atoms with Gasteiger partial charge in [0.05, 0.1) is 18.4 Å². The van der Waals surface area contributed by atoms with Gasteiger partial charge in [0.2, 0.25) is 0 Å². The van der Waals surface area contributed by atoms with Gasteiger partial charge in [0, 0.05) is 43.7 Å². The van der Waals surface area contributed by atoms with Gasteiger partial charge in [0.15, 0.2) is 0 Å². The number of pyridine rings is 1. The lowest BCUT2D eigenvalue weighted by Gasteiger charge is -2.16. The van der Waals surface area contributed by atoms with Crippen LogP contribution in [0.3, 0.4) is 0 Å². The van der Waals surface area contributed by atoms with E-state index in [9.17, 15) is 9.59 Å². The average Bonchev–Trinajstić information content (AvgIpc) is 3.59. The number of carbonyl (C=O) groups is 2. The van der Waals surface area contributed by atoms with Crippen LogP contribution in [0.15, 0.2) is 78.0 Å². The monoisotopic (exact) mass is 430 g/mol. The molecular weight excluding hydrogens is 408 g/mol. The minimum absolute atomic E-state index is 0.0521. The molecule has 5 rings (SSSR count). The molecule has 0 aliphatic carbocycles. The number of ether oxygens (including phenoxy) is 1. The number of nitrogens with one attached hydrogen (secondary N) is 1. The summed E-state index contributed by atoms with van der Waals surface area (Å²) in [4.78, 5) is 30.9. The summed E-state index contributed by atoms with van der Waals surface area (Å²) in [7, 11) is 0. The van der Waals surface area contributed by atoms with Crippen molar-refractivity contribution in [2.45, 2.75) is 19.1 Å². The number of fused-ring (bicyclic) bond motifs is 1. The van der Waals surface area contributed by atoms with Gasteiger partial charge in [-0.1, -0.05) is 0 Å². The van der Waals surface area contributed by atoms with Gasteiger partial charge >= 0.3 is 0 Å². The van der Waals surface area contributed by atoms with Crippen molar-refractivity contribution < 1.29 is 18.7 Å². The van der Waals surface area contributed by atoms with Crippen molar-refractivity contribution in [3.05, 3.63) is 90.3 Å². The standard InChI is InChI=1S/C24H22N4O4/c29-23(26-14-17-5-9-27-11-8-25-22(27)13-17)18-1-3-20(4-2-18)32-21-6-10-28(15-21)24(30)19-7-12-31-16-19/h1-5,7-9,11-13,16,21H,6,10,14-15H2,(H,26,29)/t21-/m0/s1. The van der Waals surface area contributed by atoms with Crippen LogP contribution in [-0.4, -0.2) is 45.3 Å². The Bertz CT molecular complexity index is 1230. The van der Waals surface area contributed by atoms with Crippen molar-refractivity contribution in [2.75, 3.05) is 13.1 Å². The molecule has 8 heteroatoms. The van der Waals surface area contributed by atoms with E-state index >= 15 is 0 Å². The zero-order chi connectivity index (χ0) is 21.9. The number of furan rings is 1. The Morgan fingerprint density at radius 2 is 2.00 bits per heavy atom. The highest BCUT2D eigenvalue weighted by Crippen LogP contribution is 2.21. The lowest BCUT2D eigenvalue weighted by atomic mass is 10.2. The highest BCUT2D eigenvalue weighted by Gasteiger charge is 2.28. The van der Waals surface area contributed by atoms with Crippen LogP contribution in [0, 0.1) is 0 Å². The fraction of sp³-hybridized carbons (Fsp3) is 0.208. The second kappa shape index (κ2) is 8.58. The molecule has 1 aromatic carbocycles. The molecule has 1 N–H and O–H groups in total. The molecule has 0 unspecified atom stereocenters. The molecule has 1 saturated heterocycles. The van der Waals surface area contributed by atoms with Gasteiger partial charge < -0.3 is 23.8 Å². The Morgan fingerprint density at radius 1 is 1.12 bits per heavy atom. The molecule has 4 aromatic rings. The number of imidazole rings is 1. The van der Waals surface area contributed by atoms with E-state index in [1.807, 2.05) is 28.9 Å². The summed E-state index contributed by atoms with van der Waals surface area (Å²) in [6.45, 7) is 1.58. The molecule has 0 radical (unpaired) electrons. The zero-order valence-electron chi connectivity index (χ0n) is 17.3. The highest BCUT2D eigenvalue weighted by molar-refractivity contribution is 5.94. The minimum Gasteiger partial charge on any atom is -0.489 e. The van der Waals surface area contributed by atoms with E-state index < -0.39 is 0 Å². The molecule has 1 aliphatic rings. The molecule has 1 aliphatic heterocycles. The largest absolute Gasteiger partial charge is 0.489 e. The van der Waals surface area contributed by atoms with Gasteiger partial charge in [-0.3, -0.25) is 9.59 Å². The molecule has 0 spiro atoms. The van der Waals surface area contributed by atoms with Gasteiger partial charge in [-0.2, -0.15) is 0 Å². The summed E-state index contributed by atoms with van der Waals surface area (Å²) in [6.07, 6.45) is 9.16. The van der Waals surface area contributed by atoms with E-state index in [1.54, 1.807) is 41.4 Å². The SMILES string of the molecule is O=C(NCc1ccn2ccnc2c1)c1ccc(O[C@H]2CCN(C(=O)c3ccoc3)C2)cc1. The van der Waals surface area contributed by atoms with Crippen LogP contribution in [0.2, 0.25) is 0 Å². The van der Waals surface area contributed by atoms with Gasteiger partial charge in [0.1, 0.15) is 23.8 Å². The van der Waals surface area contributed by atoms with Crippen LogP contribution in [0.5, 0.6) is 5.75 Å². The van der Waals surface area contributed by atoms with Crippen molar-refractivity contribution in [2.24, 2.45) is 0 Å². The Hall–Kier alpha value is -4.07. The topological polar surface area (TPSA) is 89.1 Å². The van der Waals surface area contributed by atoms with Gasteiger partial charge in [-0.05, 0) is 48.0 Å². The van der Waals surface area contributed by atoms with Crippen LogP contribution in [-0.2, 0) is 6.54 Å². The summed E-state index contributed by atoms with van der Waals surface area (Å²) in [5.74, 6) is 0.468. The molecule has 4 heterocycles. The molecule has 3 aromatic heterocycles. The maximum Gasteiger partial charge on any atom is 0.257 e. The van der Waals surface area contributed by atoms with Crippen molar-refractivity contribution in [3.63, 3.8) is 0 Å². The maximum absolute atomic E-state index is 12.5. The number of rotatable bonds is 6. The quantitative estimate of drug-likeness (QED) is 0.508. The van der Waals surface area contributed by atoms with E-state index in [0.29, 0.717) is 36.5 Å². The van der Waals surface area contributed by atoms with Crippen LogP contribution in [0.4, 0.5) is 0 Å². The second-order valence-electron chi connectivity index (χ2n) is 7.73. The molecule has 2 amide bonds. The lowest BCUT2D eigenvalue weighted by Crippen LogP contribution is -2.30. The predicted molar refractivity (Wildman–Crippen MR) is 116 cm³/mol. The molecule has 0 bridgehead atoms. The Labute approximate surface area is 184 Å². The summed E-state index contributed by atoms with van der Waals surface area (Å²) in [5, 5.41) is 2.93. The zero-order valence-corrected chi connectivity index (χ0v) is 17.3. The average molecular weight is 430 g/mol. The van der Waals surface area contributed by atoms with Crippen LogP contribution < -0.4 is 10.1 Å². The third-order valence-corrected chi connectivity index (χ3v) is 5.54. The fourth-order valence-corrected chi connectivity index (χ4v) is 3.80. The molecular formula is C24H22N4O4. The lowest BCUT2D eigenvalue weighted by molar-refractivity contribution is 0.0771. The Morgan fingerprint density at radius 3 is 2.81 bits per heavy atom. The number of hydrogen-bond donors (Lipinski definition) is 1. The number of nitrogens with zero attached hydrogens (tertiary/aromatic N) is 3. The molecule has 162 valence electrons. The molecule has 32 heavy (non-hydrogen) atoms. The van der Waals surface area contributed by atoms with Crippen molar-refractivity contribution >= 4 is 17.5 Å². The van der Waals surface area contributed by atoms with E-state index in [4.69, 9.17) is 9.15 Å². The van der Waals surface area contributed by atoms with Crippen LogP contribution in [0.1, 0.15) is 32.7 Å². The number of benzene rings is 1. The Kier molecular flexibility index (Phi) is 5.33. The summed E-state index contributed by atoms with van der Waals surface area (Å²) >= 11 is 0. The third-order valence-electron chi connectivity index (χ3n) is 5.54. The maximum atomic E-state index is 12.5. The summed E-state index contributed by atoms with van der Waals surface area (Å²) in [5.41, 5.74) is 2.93. The molecule has 1 atom stereocenters. The Balaban J connectivity index is 1.13. The van der Waals surface area contributed by atoms with E-state index in [1.165, 1.54) is 12.5 Å². The smallest absolute Gasteiger partial charge is 0.257 e. The minimum atomic E-state index is -0.155. The summed E-state index contributed by atoms with van der Waals surface area (Å²) < 4.78 is 12.9. The fourth-order valence-electron chi connectivity index (χ4n) is 3.80. The number of carbonyl (C=O) groups excluding carboxylic acids is 2. The first-order valence-corrected chi connectivity index (χ1v) is 10.4. The number of aromatic nitrogens is 2. The van der Waals surface area contributed by atoms with Crippen LogP contribution in [0.25, 0.3) is 5.65 Å². The molecule has 8 nitrogen and oxygen atoms in total. The molecule has 0 saturated carbocycles. The first kappa shape index (κ1) is 19.9. The normalized spacial score (nSPS) is 15.8. The van der Waals surface area contributed by atoms with Gasteiger partial charge in [0.25, 0.3) is 11.8 Å². The number of likely N-dealkylation sites (tertiary alicyclic amines) is 1. The highest BCUT2D eigenvalue weighted by atomic mass is 16.5. The van der Waals surface area contributed by atoms with Gasteiger partial charge in [-0.25, -0.2) is 4.98 Å². The van der Waals surface area contributed by atoms with Crippen LogP contribution >= 0.6 is 0 Å². The first-order chi connectivity index (χ1) is 15.7. The van der Waals surface area contributed by atoms with E-state index in [0.717, 1.165) is 17.6 Å². The first-order valence-electron chi connectivity index (χ1n) is 10.4. The predicted octanol–water partition coefficient (Wildman–Crippen LogP) is 3.15. The van der Waals surface area contributed by atoms with Crippen molar-refractivity contribution in [3.8, 4) is 5.75 Å². The van der Waals surface area contributed by atoms with E-state index in [-0.39, 0.29) is 17.9 Å². The van der Waals surface area contributed by atoms with Gasteiger partial charge in [-0.15, -0.1) is 0 Å². The molecule has 1 fully saturated rings. The number of hydrogen-bond acceptors (Lipinski definition) is 5. The van der Waals surface area contributed by atoms with Crippen molar-refractivity contribution in [1.29, 1.82) is 0 Å². The van der Waals surface area contributed by atoms with E-state index in [2.05, 4.69) is 10.3 Å².